The van der Waals surface area contributed by atoms with Crippen molar-refractivity contribution >= 4 is 28.9 Å². The number of hydrogen-bond acceptors (Lipinski definition) is 2. The minimum Gasteiger partial charge on any atom is -0.494 e. The van der Waals surface area contributed by atoms with E-state index in [0.717, 1.165) is 33.2 Å². The number of aldehydes is 1. The first-order valence-electron chi connectivity index (χ1n) is 5.13. The van der Waals surface area contributed by atoms with Crippen LogP contribution in [-0.4, -0.2) is 12.9 Å². The molecular weight excluding hydrogens is 315 g/mol. The van der Waals surface area contributed by atoms with Crippen molar-refractivity contribution in [3.63, 3.8) is 0 Å². The molecule has 16 heavy (non-hydrogen) atoms. The van der Waals surface area contributed by atoms with Gasteiger partial charge in [0.15, 0.2) is 0 Å². The lowest BCUT2D eigenvalue weighted by Crippen LogP contribution is -2.01. The van der Waals surface area contributed by atoms with Crippen molar-refractivity contribution in [2.75, 3.05) is 6.61 Å². The van der Waals surface area contributed by atoms with Gasteiger partial charge in [-0.25, -0.2) is 0 Å². The van der Waals surface area contributed by atoms with Crippen molar-refractivity contribution in [1.82, 2.24) is 0 Å². The summed E-state index contributed by atoms with van der Waals surface area (Å²) in [5, 5.41) is 0. The number of allylic oxidation sites excluding steroid dienone is 1. The second-order valence-corrected chi connectivity index (χ2v) is 4.83. The van der Waals surface area contributed by atoms with Crippen molar-refractivity contribution in [2.24, 2.45) is 0 Å². The molecule has 3 heteroatoms. The molecule has 0 spiro atoms. The lowest BCUT2D eigenvalue weighted by atomic mass is 10.0. The molecule has 1 aromatic rings. The normalized spacial score (nSPS) is 9.94. The van der Waals surface area contributed by atoms with Gasteiger partial charge in [-0.2, -0.15) is 0 Å². The number of hydrogen-bond donors (Lipinski definition) is 0. The molecule has 86 valence electrons. The molecule has 0 bridgehead atoms. The number of carbonyl (C=O) groups excluding carboxylic acids is 1. The Morgan fingerprint density at radius 3 is 2.75 bits per heavy atom. The molecule has 0 saturated heterocycles. The van der Waals surface area contributed by atoms with Crippen LogP contribution >= 0.6 is 22.6 Å². The van der Waals surface area contributed by atoms with E-state index in [9.17, 15) is 4.79 Å². The monoisotopic (exact) mass is 330 g/mol. The van der Waals surface area contributed by atoms with Crippen molar-refractivity contribution in [3.8, 4) is 5.75 Å². The number of halogens is 1. The molecule has 0 aliphatic rings. The lowest BCUT2D eigenvalue weighted by molar-refractivity contribution is 0.112. The Kier molecular flexibility index (Phi) is 4.99. The van der Waals surface area contributed by atoms with Gasteiger partial charge in [0.05, 0.1) is 6.61 Å². The highest BCUT2D eigenvalue weighted by Gasteiger charge is 2.10. The van der Waals surface area contributed by atoms with Crippen LogP contribution in [0.5, 0.6) is 5.75 Å². The van der Waals surface area contributed by atoms with Gasteiger partial charge in [0.2, 0.25) is 0 Å². The van der Waals surface area contributed by atoms with Crippen LogP contribution in [0.15, 0.2) is 24.3 Å². The predicted molar refractivity (Wildman–Crippen MR) is 74.2 cm³/mol. The van der Waals surface area contributed by atoms with E-state index in [4.69, 9.17) is 4.74 Å². The minimum atomic E-state index is 0.599. The molecule has 0 heterocycles. The van der Waals surface area contributed by atoms with E-state index in [0.29, 0.717) is 12.2 Å². The van der Waals surface area contributed by atoms with Crippen LogP contribution in [0.3, 0.4) is 0 Å². The zero-order valence-corrected chi connectivity index (χ0v) is 11.7. The first-order chi connectivity index (χ1) is 7.58. The van der Waals surface area contributed by atoms with Gasteiger partial charge in [-0.15, -0.1) is 0 Å². The van der Waals surface area contributed by atoms with Crippen LogP contribution < -0.4 is 4.74 Å². The molecule has 0 atom stereocenters. The summed E-state index contributed by atoms with van der Waals surface area (Å²) in [7, 11) is 0. The maximum absolute atomic E-state index is 10.8. The van der Waals surface area contributed by atoms with Crippen molar-refractivity contribution in [1.29, 1.82) is 0 Å². The van der Waals surface area contributed by atoms with Gasteiger partial charge in [-0.05, 0) is 55.0 Å². The molecule has 0 fully saturated rings. The van der Waals surface area contributed by atoms with E-state index in [2.05, 4.69) is 29.2 Å². The van der Waals surface area contributed by atoms with E-state index >= 15 is 0 Å². The first-order valence-corrected chi connectivity index (χ1v) is 6.21. The smallest absolute Gasteiger partial charge is 0.150 e. The van der Waals surface area contributed by atoms with Gasteiger partial charge >= 0.3 is 0 Å². The van der Waals surface area contributed by atoms with Gasteiger partial charge < -0.3 is 4.74 Å². The standard InChI is InChI=1S/C13H15IO2/c1-4-16-13-7-10(8-15)6-12(14)11(13)5-9(2)3/h6-8H,2,4-5H2,1,3H3. The van der Waals surface area contributed by atoms with Gasteiger partial charge in [0, 0.05) is 14.7 Å². The molecule has 2 nitrogen and oxygen atoms in total. The van der Waals surface area contributed by atoms with Gasteiger partial charge in [0.25, 0.3) is 0 Å². The minimum absolute atomic E-state index is 0.599. The van der Waals surface area contributed by atoms with Gasteiger partial charge in [-0.1, -0.05) is 12.2 Å². The SMILES string of the molecule is C=C(C)Cc1c(I)cc(C=O)cc1OCC. The Balaban J connectivity index is 3.21. The summed E-state index contributed by atoms with van der Waals surface area (Å²) >= 11 is 2.23. The predicted octanol–water partition coefficient (Wildman–Crippen LogP) is 3.62. The Hall–Kier alpha value is -0.840. The van der Waals surface area contributed by atoms with Crippen molar-refractivity contribution < 1.29 is 9.53 Å². The average Bonchev–Trinajstić information content (AvgIpc) is 2.22. The van der Waals surface area contributed by atoms with Crippen LogP contribution in [0.2, 0.25) is 0 Å². The molecular formula is C13H15IO2. The summed E-state index contributed by atoms with van der Waals surface area (Å²) in [5.41, 5.74) is 2.84. The maximum atomic E-state index is 10.8. The summed E-state index contributed by atoms with van der Waals surface area (Å²) < 4.78 is 6.61. The number of carbonyl (C=O) groups is 1. The summed E-state index contributed by atoms with van der Waals surface area (Å²) in [6, 6.07) is 3.66. The Labute approximate surface area is 110 Å². The highest BCUT2D eigenvalue weighted by Crippen LogP contribution is 2.28. The number of benzene rings is 1. The van der Waals surface area contributed by atoms with Crippen LogP contribution in [0, 0.1) is 3.57 Å². The second kappa shape index (κ2) is 6.03. The molecule has 1 aromatic carbocycles. The van der Waals surface area contributed by atoms with Gasteiger partial charge in [0.1, 0.15) is 12.0 Å². The Morgan fingerprint density at radius 1 is 1.56 bits per heavy atom. The third-order valence-electron chi connectivity index (χ3n) is 2.09. The van der Waals surface area contributed by atoms with E-state index in [-0.39, 0.29) is 0 Å². The molecule has 0 N–H and O–H groups in total. The topological polar surface area (TPSA) is 26.3 Å². The largest absolute Gasteiger partial charge is 0.494 e. The zero-order chi connectivity index (χ0) is 12.1. The van der Waals surface area contributed by atoms with Crippen LogP contribution in [-0.2, 0) is 6.42 Å². The van der Waals surface area contributed by atoms with Crippen molar-refractivity contribution in [2.45, 2.75) is 20.3 Å². The van der Waals surface area contributed by atoms with Crippen LogP contribution in [0.25, 0.3) is 0 Å². The number of ether oxygens (including phenoxy) is 1. The van der Waals surface area contributed by atoms with Gasteiger partial charge in [-0.3, -0.25) is 4.79 Å². The fourth-order valence-electron chi connectivity index (χ4n) is 1.46. The zero-order valence-electron chi connectivity index (χ0n) is 9.55. The molecule has 0 aliphatic heterocycles. The molecule has 0 amide bonds. The van der Waals surface area contributed by atoms with E-state index in [1.807, 2.05) is 19.9 Å². The summed E-state index contributed by atoms with van der Waals surface area (Å²) in [5.74, 6) is 0.791. The fourth-order valence-corrected chi connectivity index (χ4v) is 2.27. The lowest BCUT2D eigenvalue weighted by Gasteiger charge is -2.13. The quantitative estimate of drug-likeness (QED) is 0.468. The summed E-state index contributed by atoms with van der Waals surface area (Å²) in [6.07, 6.45) is 1.63. The van der Waals surface area contributed by atoms with Crippen LogP contribution in [0.4, 0.5) is 0 Å². The molecule has 0 saturated carbocycles. The second-order valence-electron chi connectivity index (χ2n) is 3.66. The molecule has 0 aromatic heterocycles. The summed E-state index contributed by atoms with van der Waals surface area (Å²) in [6.45, 7) is 8.43. The van der Waals surface area contributed by atoms with E-state index < -0.39 is 0 Å². The highest BCUT2D eigenvalue weighted by molar-refractivity contribution is 14.1. The highest BCUT2D eigenvalue weighted by atomic mass is 127. The first kappa shape index (κ1) is 13.2. The molecule has 0 unspecified atom stereocenters. The molecule has 0 radical (unpaired) electrons. The summed E-state index contributed by atoms with van der Waals surface area (Å²) in [4.78, 5) is 10.8. The third-order valence-corrected chi connectivity index (χ3v) is 3.05. The van der Waals surface area contributed by atoms with E-state index in [1.54, 1.807) is 6.07 Å². The average molecular weight is 330 g/mol. The number of rotatable bonds is 5. The fraction of sp³-hybridized carbons (Fsp3) is 0.308. The Bertz CT molecular complexity index is 411. The molecule has 1 rings (SSSR count). The molecule has 0 aliphatic carbocycles. The maximum Gasteiger partial charge on any atom is 0.150 e. The van der Waals surface area contributed by atoms with Crippen LogP contribution in [0.1, 0.15) is 29.8 Å². The Morgan fingerprint density at radius 2 is 2.25 bits per heavy atom. The van der Waals surface area contributed by atoms with E-state index in [1.165, 1.54) is 0 Å². The van der Waals surface area contributed by atoms with Crippen molar-refractivity contribution in [3.05, 3.63) is 39.0 Å². The third kappa shape index (κ3) is 3.33.